The van der Waals surface area contributed by atoms with Gasteiger partial charge in [-0.2, -0.15) is 0 Å². The number of rotatable bonds is 5. The molecule has 1 atom stereocenters. The summed E-state index contributed by atoms with van der Waals surface area (Å²) in [5.74, 6) is 0.216. The quantitative estimate of drug-likeness (QED) is 0.844. The fourth-order valence-electron chi connectivity index (χ4n) is 3.31. The lowest BCUT2D eigenvalue weighted by atomic mass is 9.89. The van der Waals surface area contributed by atoms with Crippen LogP contribution in [0, 0.1) is 0 Å². The summed E-state index contributed by atoms with van der Waals surface area (Å²) in [6, 6.07) is 11.8. The van der Waals surface area contributed by atoms with Crippen LogP contribution in [0.5, 0.6) is 0 Å². The minimum atomic E-state index is -0.0587. The Labute approximate surface area is 158 Å². The van der Waals surface area contributed by atoms with Crippen molar-refractivity contribution in [3.63, 3.8) is 0 Å². The van der Waals surface area contributed by atoms with Crippen molar-refractivity contribution in [1.82, 2.24) is 15.5 Å². The van der Waals surface area contributed by atoms with Gasteiger partial charge in [0.25, 0.3) is 5.91 Å². The van der Waals surface area contributed by atoms with Crippen molar-refractivity contribution in [3.8, 4) is 0 Å². The average molecular weight is 372 g/mol. The average Bonchev–Trinajstić information content (AvgIpc) is 3.20. The lowest BCUT2D eigenvalue weighted by Crippen LogP contribution is -2.44. The van der Waals surface area contributed by atoms with E-state index >= 15 is 0 Å². The molecule has 5 nitrogen and oxygen atoms in total. The molecule has 1 aromatic heterocycles. The van der Waals surface area contributed by atoms with Gasteiger partial charge >= 0.3 is 6.03 Å². The van der Waals surface area contributed by atoms with E-state index in [9.17, 15) is 9.59 Å². The van der Waals surface area contributed by atoms with Crippen LogP contribution in [0.3, 0.4) is 0 Å². The van der Waals surface area contributed by atoms with E-state index in [2.05, 4.69) is 16.7 Å². The number of thiophene rings is 1. The van der Waals surface area contributed by atoms with Crippen molar-refractivity contribution < 1.29 is 9.59 Å². The number of likely N-dealkylation sites (tertiary alicyclic amines) is 1. The molecule has 0 radical (unpaired) electrons. The maximum atomic E-state index is 12.5. The van der Waals surface area contributed by atoms with Crippen LogP contribution in [0.2, 0.25) is 0 Å². The third-order valence-corrected chi connectivity index (χ3v) is 5.54. The van der Waals surface area contributed by atoms with Crippen LogP contribution in [0.4, 0.5) is 4.79 Å². The molecule has 2 aromatic rings. The molecule has 1 aliphatic heterocycles. The van der Waals surface area contributed by atoms with Crippen molar-refractivity contribution in [2.75, 3.05) is 19.6 Å². The molecule has 138 valence electrons. The molecule has 3 rings (SSSR count). The van der Waals surface area contributed by atoms with Gasteiger partial charge in [-0.25, -0.2) is 4.79 Å². The lowest BCUT2D eigenvalue weighted by Gasteiger charge is -2.33. The topological polar surface area (TPSA) is 61.4 Å². The second-order valence-corrected chi connectivity index (χ2v) is 7.54. The van der Waals surface area contributed by atoms with E-state index in [1.807, 2.05) is 47.5 Å². The number of piperidine rings is 1. The SMILES string of the molecule is CCNC(=O)N1CCCC(c2cccc(C(=O)NCc3cccs3)c2)C1. The highest BCUT2D eigenvalue weighted by Gasteiger charge is 2.24. The Bertz CT molecular complexity index is 745. The van der Waals surface area contributed by atoms with E-state index < -0.39 is 0 Å². The molecular formula is C20H25N3O2S. The fraction of sp³-hybridized carbons (Fsp3) is 0.400. The van der Waals surface area contributed by atoms with Crippen LogP contribution in [0.25, 0.3) is 0 Å². The van der Waals surface area contributed by atoms with Crippen LogP contribution in [0.15, 0.2) is 41.8 Å². The highest BCUT2D eigenvalue weighted by atomic mass is 32.1. The Morgan fingerprint density at radius 1 is 1.23 bits per heavy atom. The number of carbonyl (C=O) groups is 2. The molecule has 26 heavy (non-hydrogen) atoms. The number of urea groups is 1. The maximum Gasteiger partial charge on any atom is 0.317 e. The van der Waals surface area contributed by atoms with Gasteiger partial charge in [-0.3, -0.25) is 4.79 Å². The molecule has 0 saturated carbocycles. The van der Waals surface area contributed by atoms with Gasteiger partial charge in [0.1, 0.15) is 0 Å². The van der Waals surface area contributed by atoms with Gasteiger partial charge in [-0.1, -0.05) is 18.2 Å². The van der Waals surface area contributed by atoms with Crippen LogP contribution in [0.1, 0.15) is 46.5 Å². The zero-order valence-corrected chi connectivity index (χ0v) is 15.8. The smallest absolute Gasteiger partial charge is 0.317 e. The summed E-state index contributed by atoms with van der Waals surface area (Å²) >= 11 is 1.63. The molecule has 2 heterocycles. The molecule has 0 aliphatic carbocycles. The first-order chi connectivity index (χ1) is 12.7. The molecular weight excluding hydrogens is 346 g/mol. The summed E-state index contributed by atoms with van der Waals surface area (Å²) in [6.07, 6.45) is 2.02. The summed E-state index contributed by atoms with van der Waals surface area (Å²) in [4.78, 5) is 27.6. The number of nitrogens with one attached hydrogen (secondary N) is 2. The third-order valence-electron chi connectivity index (χ3n) is 4.66. The molecule has 6 heteroatoms. The van der Waals surface area contributed by atoms with Crippen LogP contribution >= 0.6 is 11.3 Å². The number of carbonyl (C=O) groups excluding carboxylic acids is 2. The van der Waals surface area contributed by atoms with E-state index in [0.717, 1.165) is 29.8 Å². The standard InChI is InChI=1S/C20H25N3O2S/c1-2-21-20(25)23-10-4-8-17(14-23)15-6-3-7-16(12-15)19(24)22-13-18-9-5-11-26-18/h3,5-7,9,11-12,17H,2,4,8,10,13-14H2,1H3,(H,21,25)(H,22,24). The molecule has 1 aliphatic rings. The number of hydrogen-bond acceptors (Lipinski definition) is 3. The van der Waals surface area contributed by atoms with Crippen LogP contribution in [-0.2, 0) is 6.54 Å². The van der Waals surface area contributed by atoms with E-state index in [4.69, 9.17) is 0 Å². The highest BCUT2D eigenvalue weighted by molar-refractivity contribution is 7.09. The molecule has 0 spiro atoms. The number of nitrogens with zero attached hydrogens (tertiary/aromatic N) is 1. The summed E-state index contributed by atoms with van der Waals surface area (Å²) in [5.41, 5.74) is 1.80. The van der Waals surface area contributed by atoms with E-state index in [-0.39, 0.29) is 17.9 Å². The van der Waals surface area contributed by atoms with Crippen molar-refractivity contribution >= 4 is 23.3 Å². The first kappa shape index (κ1) is 18.5. The Morgan fingerprint density at radius 3 is 2.88 bits per heavy atom. The Morgan fingerprint density at radius 2 is 2.12 bits per heavy atom. The van der Waals surface area contributed by atoms with Gasteiger partial charge < -0.3 is 15.5 Å². The van der Waals surface area contributed by atoms with E-state index in [1.54, 1.807) is 11.3 Å². The number of hydrogen-bond donors (Lipinski definition) is 2. The van der Waals surface area contributed by atoms with Gasteiger partial charge in [0, 0.05) is 36.0 Å². The largest absolute Gasteiger partial charge is 0.347 e. The maximum absolute atomic E-state index is 12.5. The van der Waals surface area contributed by atoms with Crippen LogP contribution < -0.4 is 10.6 Å². The predicted molar refractivity (Wildman–Crippen MR) is 105 cm³/mol. The third kappa shape index (κ3) is 4.64. The summed E-state index contributed by atoms with van der Waals surface area (Å²) < 4.78 is 0. The molecule has 1 fully saturated rings. The van der Waals surface area contributed by atoms with Crippen molar-refractivity contribution in [1.29, 1.82) is 0 Å². The summed E-state index contributed by atoms with van der Waals surface area (Å²) in [7, 11) is 0. The Balaban J connectivity index is 1.64. The summed E-state index contributed by atoms with van der Waals surface area (Å²) in [6.45, 7) is 4.61. The molecule has 0 bridgehead atoms. The zero-order chi connectivity index (χ0) is 18.4. The monoisotopic (exact) mass is 371 g/mol. The molecule has 2 N–H and O–H groups in total. The second kappa shape index (κ2) is 8.85. The molecule has 3 amide bonds. The van der Waals surface area contributed by atoms with Gasteiger partial charge in [0.2, 0.25) is 0 Å². The highest BCUT2D eigenvalue weighted by Crippen LogP contribution is 2.27. The minimum Gasteiger partial charge on any atom is -0.347 e. The minimum absolute atomic E-state index is 0.00189. The number of amides is 3. The van der Waals surface area contributed by atoms with Crippen molar-refractivity contribution in [2.24, 2.45) is 0 Å². The van der Waals surface area contributed by atoms with Crippen LogP contribution in [-0.4, -0.2) is 36.5 Å². The predicted octanol–water partition coefficient (Wildman–Crippen LogP) is 3.59. The van der Waals surface area contributed by atoms with Crippen molar-refractivity contribution in [3.05, 3.63) is 57.8 Å². The first-order valence-electron chi connectivity index (χ1n) is 9.10. The van der Waals surface area contributed by atoms with Crippen molar-refractivity contribution in [2.45, 2.75) is 32.2 Å². The normalized spacial score (nSPS) is 17.0. The first-order valence-corrected chi connectivity index (χ1v) is 9.98. The van der Waals surface area contributed by atoms with Gasteiger partial charge in [-0.05, 0) is 48.9 Å². The van der Waals surface area contributed by atoms with E-state index in [0.29, 0.717) is 25.2 Å². The number of benzene rings is 1. The molecule has 1 unspecified atom stereocenters. The van der Waals surface area contributed by atoms with Gasteiger partial charge in [-0.15, -0.1) is 11.3 Å². The Hall–Kier alpha value is -2.34. The second-order valence-electron chi connectivity index (χ2n) is 6.51. The molecule has 1 saturated heterocycles. The zero-order valence-electron chi connectivity index (χ0n) is 15.0. The van der Waals surface area contributed by atoms with E-state index in [1.165, 1.54) is 0 Å². The van der Waals surface area contributed by atoms with Gasteiger partial charge in [0.15, 0.2) is 0 Å². The molecule has 1 aromatic carbocycles. The Kier molecular flexibility index (Phi) is 6.28. The van der Waals surface area contributed by atoms with Gasteiger partial charge in [0.05, 0.1) is 6.54 Å². The lowest BCUT2D eigenvalue weighted by molar-refractivity contribution is 0.0951. The fourth-order valence-corrected chi connectivity index (χ4v) is 3.96. The summed E-state index contributed by atoms with van der Waals surface area (Å²) in [5, 5.41) is 7.85.